The van der Waals surface area contributed by atoms with Crippen LogP contribution in [-0.4, -0.2) is 12.5 Å². The van der Waals surface area contributed by atoms with Crippen LogP contribution in [0.2, 0.25) is 0 Å². The largest absolute Gasteiger partial charge is 0.311 e. The first kappa shape index (κ1) is 11.6. The fourth-order valence-corrected chi connectivity index (χ4v) is 2.56. The van der Waals surface area contributed by atoms with Crippen LogP contribution in [0.15, 0.2) is 22.7 Å². The van der Waals surface area contributed by atoms with Gasteiger partial charge in [-0.3, -0.25) is 4.79 Å². The fraction of sp³-hybridized carbons (Fsp3) is 0.462. The van der Waals surface area contributed by atoms with E-state index < -0.39 is 0 Å². The average Bonchev–Trinajstić information content (AvgIpc) is 2.47. The van der Waals surface area contributed by atoms with Crippen LogP contribution in [0.4, 0.5) is 5.69 Å². The number of benzene rings is 1. The van der Waals surface area contributed by atoms with Gasteiger partial charge >= 0.3 is 0 Å². The molecular formula is C13H16BrNO. The number of anilines is 1. The van der Waals surface area contributed by atoms with E-state index in [1.807, 2.05) is 17.0 Å². The Kier molecular flexibility index (Phi) is 3.64. The minimum Gasteiger partial charge on any atom is -0.311 e. The lowest BCUT2D eigenvalue weighted by Gasteiger charge is -2.22. The summed E-state index contributed by atoms with van der Waals surface area (Å²) in [5, 5.41) is 0. The number of amides is 1. The molecule has 1 fully saturated rings. The van der Waals surface area contributed by atoms with Crippen LogP contribution < -0.4 is 4.90 Å². The van der Waals surface area contributed by atoms with Gasteiger partial charge in [0.1, 0.15) is 0 Å². The first-order chi connectivity index (χ1) is 7.70. The smallest absolute Gasteiger partial charge is 0.227 e. The van der Waals surface area contributed by atoms with Gasteiger partial charge in [-0.25, -0.2) is 0 Å². The highest BCUT2D eigenvalue weighted by atomic mass is 79.9. The molecule has 0 aliphatic carbocycles. The Morgan fingerprint density at radius 2 is 2.06 bits per heavy atom. The second-order valence-electron chi connectivity index (χ2n) is 4.26. The van der Waals surface area contributed by atoms with Crippen molar-refractivity contribution in [1.29, 1.82) is 0 Å². The van der Waals surface area contributed by atoms with E-state index in [1.165, 1.54) is 5.56 Å². The molecule has 0 bridgehead atoms. The summed E-state index contributed by atoms with van der Waals surface area (Å²) in [6.45, 7) is 2.90. The molecule has 1 amide bonds. The van der Waals surface area contributed by atoms with Gasteiger partial charge in [0.25, 0.3) is 0 Å². The van der Waals surface area contributed by atoms with Crippen LogP contribution in [0, 0.1) is 6.92 Å². The number of nitrogens with zero attached hydrogens (tertiary/aromatic N) is 1. The van der Waals surface area contributed by atoms with Crippen LogP contribution in [0.25, 0.3) is 0 Å². The third kappa shape index (κ3) is 2.29. The maximum Gasteiger partial charge on any atom is 0.227 e. The predicted octanol–water partition coefficient (Wildman–Crippen LogP) is 3.66. The molecular weight excluding hydrogens is 266 g/mol. The monoisotopic (exact) mass is 281 g/mol. The normalized spacial score (nSPS) is 17.4. The Hall–Kier alpha value is -0.830. The Bertz CT molecular complexity index is 403. The summed E-state index contributed by atoms with van der Waals surface area (Å²) in [5.41, 5.74) is 2.20. The standard InChI is InChI=1S/C13H16BrNO/c1-10-6-5-7-11(13(10)14)15-9-4-2-3-8-12(15)16/h5-7H,2-4,8-9H2,1H3. The van der Waals surface area contributed by atoms with Crippen molar-refractivity contribution >= 4 is 27.5 Å². The van der Waals surface area contributed by atoms with Gasteiger partial charge < -0.3 is 4.90 Å². The molecule has 86 valence electrons. The van der Waals surface area contributed by atoms with Gasteiger partial charge in [0, 0.05) is 17.4 Å². The highest BCUT2D eigenvalue weighted by molar-refractivity contribution is 9.10. The van der Waals surface area contributed by atoms with Crippen LogP contribution in [0.3, 0.4) is 0 Å². The summed E-state index contributed by atoms with van der Waals surface area (Å²) >= 11 is 3.57. The summed E-state index contributed by atoms with van der Waals surface area (Å²) in [7, 11) is 0. The van der Waals surface area contributed by atoms with Crippen molar-refractivity contribution in [3.63, 3.8) is 0 Å². The van der Waals surface area contributed by atoms with E-state index >= 15 is 0 Å². The zero-order valence-electron chi connectivity index (χ0n) is 9.50. The Morgan fingerprint density at radius 1 is 1.25 bits per heavy atom. The molecule has 1 aromatic rings. The first-order valence-corrected chi connectivity index (χ1v) is 6.55. The maximum absolute atomic E-state index is 12.0. The van der Waals surface area contributed by atoms with E-state index in [9.17, 15) is 4.79 Å². The molecule has 0 N–H and O–H groups in total. The summed E-state index contributed by atoms with van der Waals surface area (Å²) in [5.74, 6) is 0.254. The molecule has 2 rings (SSSR count). The van der Waals surface area contributed by atoms with Crippen molar-refractivity contribution in [1.82, 2.24) is 0 Å². The number of halogens is 1. The molecule has 16 heavy (non-hydrogen) atoms. The molecule has 0 spiro atoms. The molecule has 0 radical (unpaired) electrons. The quantitative estimate of drug-likeness (QED) is 0.769. The highest BCUT2D eigenvalue weighted by Gasteiger charge is 2.20. The van der Waals surface area contributed by atoms with E-state index in [4.69, 9.17) is 0 Å². The second kappa shape index (κ2) is 5.00. The summed E-state index contributed by atoms with van der Waals surface area (Å²) < 4.78 is 1.05. The molecule has 1 aliphatic rings. The zero-order chi connectivity index (χ0) is 11.5. The third-order valence-corrected chi connectivity index (χ3v) is 4.07. The van der Waals surface area contributed by atoms with Gasteiger partial charge in [-0.15, -0.1) is 0 Å². The van der Waals surface area contributed by atoms with Crippen molar-refractivity contribution in [2.24, 2.45) is 0 Å². The average molecular weight is 282 g/mol. The molecule has 1 heterocycles. The molecule has 1 aliphatic heterocycles. The fourth-order valence-electron chi connectivity index (χ4n) is 2.08. The van der Waals surface area contributed by atoms with Gasteiger partial charge in [-0.1, -0.05) is 18.6 Å². The van der Waals surface area contributed by atoms with Crippen molar-refractivity contribution in [3.8, 4) is 0 Å². The van der Waals surface area contributed by atoms with Crippen LogP contribution in [-0.2, 0) is 4.79 Å². The SMILES string of the molecule is Cc1cccc(N2CCCCCC2=O)c1Br. The molecule has 0 atom stereocenters. The number of carbonyl (C=O) groups excluding carboxylic acids is 1. The lowest BCUT2D eigenvalue weighted by Crippen LogP contribution is -2.30. The van der Waals surface area contributed by atoms with E-state index in [1.54, 1.807) is 0 Å². The van der Waals surface area contributed by atoms with Gasteiger partial charge in [0.15, 0.2) is 0 Å². The lowest BCUT2D eigenvalue weighted by molar-refractivity contribution is -0.118. The Balaban J connectivity index is 2.34. The summed E-state index contributed by atoms with van der Waals surface area (Å²) in [6, 6.07) is 6.07. The molecule has 2 nitrogen and oxygen atoms in total. The topological polar surface area (TPSA) is 20.3 Å². The van der Waals surface area contributed by atoms with Gasteiger partial charge in [-0.2, -0.15) is 0 Å². The van der Waals surface area contributed by atoms with Crippen LogP contribution in [0.5, 0.6) is 0 Å². The van der Waals surface area contributed by atoms with E-state index in [2.05, 4.69) is 28.9 Å². The molecule has 1 saturated heterocycles. The summed E-state index contributed by atoms with van der Waals surface area (Å²) in [4.78, 5) is 13.9. The highest BCUT2D eigenvalue weighted by Crippen LogP contribution is 2.31. The minimum absolute atomic E-state index is 0.254. The number of hydrogen-bond acceptors (Lipinski definition) is 1. The number of aryl methyl sites for hydroxylation is 1. The van der Waals surface area contributed by atoms with E-state index in [0.717, 1.165) is 36.0 Å². The second-order valence-corrected chi connectivity index (χ2v) is 5.06. The molecule has 0 unspecified atom stereocenters. The lowest BCUT2D eigenvalue weighted by atomic mass is 10.2. The van der Waals surface area contributed by atoms with Gasteiger partial charge in [0.05, 0.1) is 5.69 Å². The minimum atomic E-state index is 0.254. The molecule has 1 aromatic carbocycles. The Labute approximate surface area is 105 Å². The maximum atomic E-state index is 12.0. The van der Waals surface area contributed by atoms with Crippen molar-refractivity contribution in [3.05, 3.63) is 28.2 Å². The Morgan fingerprint density at radius 3 is 2.88 bits per heavy atom. The van der Waals surface area contributed by atoms with Gasteiger partial charge in [-0.05, 0) is 47.3 Å². The molecule has 0 saturated carbocycles. The zero-order valence-corrected chi connectivity index (χ0v) is 11.1. The van der Waals surface area contributed by atoms with Crippen LogP contribution in [0.1, 0.15) is 31.2 Å². The van der Waals surface area contributed by atoms with E-state index in [-0.39, 0.29) is 5.91 Å². The van der Waals surface area contributed by atoms with Crippen molar-refractivity contribution in [2.45, 2.75) is 32.6 Å². The summed E-state index contributed by atoms with van der Waals surface area (Å²) in [6.07, 6.45) is 3.97. The molecule has 3 heteroatoms. The predicted molar refractivity (Wildman–Crippen MR) is 69.7 cm³/mol. The van der Waals surface area contributed by atoms with Crippen molar-refractivity contribution in [2.75, 3.05) is 11.4 Å². The van der Waals surface area contributed by atoms with Crippen LogP contribution >= 0.6 is 15.9 Å². The molecule has 0 aromatic heterocycles. The van der Waals surface area contributed by atoms with Gasteiger partial charge in [0.2, 0.25) is 5.91 Å². The first-order valence-electron chi connectivity index (χ1n) is 5.75. The number of carbonyl (C=O) groups is 1. The third-order valence-electron chi connectivity index (χ3n) is 3.04. The van der Waals surface area contributed by atoms with Crippen molar-refractivity contribution < 1.29 is 4.79 Å². The van der Waals surface area contributed by atoms with E-state index in [0.29, 0.717) is 6.42 Å². The number of rotatable bonds is 1. The number of hydrogen-bond donors (Lipinski definition) is 0.